The van der Waals surface area contributed by atoms with Gasteiger partial charge < -0.3 is 9.80 Å². The van der Waals surface area contributed by atoms with E-state index in [0.29, 0.717) is 18.3 Å². The third kappa shape index (κ3) is 4.65. The van der Waals surface area contributed by atoms with Crippen molar-refractivity contribution in [2.45, 2.75) is 24.0 Å². The van der Waals surface area contributed by atoms with Crippen LogP contribution >= 0.6 is 11.8 Å². The number of piperazine rings is 1. The Bertz CT molecular complexity index is 1000. The standard InChI is InChI=1S/C24H26N4OS/c1-18(2)30-21-11-7-6-10-20(21)24(29)28-16-14-27(15-17-28)22-12-13-25-23(26-22)19-8-4-3-5-9-19/h3-13,18H,14-17H2,1-2H3. The first kappa shape index (κ1) is 20.4. The third-order valence-corrected chi connectivity index (χ3v) is 6.13. The van der Waals surface area contributed by atoms with Gasteiger partial charge in [-0.15, -0.1) is 11.8 Å². The van der Waals surface area contributed by atoms with E-state index in [-0.39, 0.29) is 5.91 Å². The highest BCUT2D eigenvalue weighted by atomic mass is 32.2. The molecule has 0 spiro atoms. The molecule has 0 atom stereocenters. The molecule has 2 aromatic carbocycles. The van der Waals surface area contributed by atoms with Crippen LogP contribution < -0.4 is 4.90 Å². The third-order valence-electron chi connectivity index (χ3n) is 5.04. The molecule has 0 aliphatic carbocycles. The molecule has 0 N–H and O–H groups in total. The van der Waals surface area contributed by atoms with E-state index < -0.39 is 0 Å². The predicted molar refractivity (Wildman–Crippen MR) is 123 cm³/mol. The molecule has 1 aliphatic heterocycles. The summed E-state index contributed by atoms with van der Waals surface area (Å²) in [5, 5.41) is 0.437. The highest BCUT2D eigenvalue weighted by Gasteiger charge is 2.25. The van der Waals surface area contributed by atoms with Crippen molar-refractivity contribution in [1.29, 1.82) is 0 Å². The number of amides is 1. The molecule has 0 bridgehead atoms. The van der Waals surface area contributed by atoms with Crippen LogP contribution in [0, 0.1) is 0 Å². The van der Waals surface area contributed by atoms with Crippen molar-refractivity contribution in [2.24, 2.45) is 0 Å². The van der Waals surface area contributed by atoms with Gasteiger partial charge in [-0.1, -0.05) is 56.3 Å². The summed E-state index contributed by atoms with van der Waals surface area (Å²) in [7, 11) is 0. The van der Waals surface area contributed by atoms with Gasteiger partial charge in [-0.25, -0.2) is 9.97 Å². The number of nitrogens with zero attached hydrogens (tertiary/aromatic N) is 4. The smallest absolute Gasteiger partial charge is 0.255 e. The highest BCUT2D eigenvalue weighted by Crippen LogP contribution is 2.28. The summed E-state index contributed by atoms with van der Waals surface area (Å²) >= 11 is 1.74. The van der Waals surface area contributed by atoms with Crippen LogP contribution in [0.5, 0.6) is 0 Å². The Kier molecular flexibility index (Phi) is 6.33. The SMILES string of the molecule is CC(C)Sc1ccccc1C(=O)N1CCN(c2ccnc(-c3ccccc3)n2)CC1. The fraction of sp³-hybridized carbons (Fsp3) is 0.292. The molecule has 1 fully saturated rings. The zero-order valence-corrected chi connectivity index (χ0v) is 18.2. The Morgan fingerprint density at radius 1 is 0.933 bits per heavy atom. The quantitative estimate of drug-likeness (QED) is 0.567. The molecule has 3 aromatic rings. The lowest BCUT2D eigenvalue weighted by molar-refractivity contribution is 0.0743. The lowest BCUT2D eigenvalue weighted by Crippen LogP contribution is -2.49. The van der Waals surface area contributed by atoms with E-state index in [9.17, 15) is 4.79 Å². The number of benzene rings is 2. The van der Waals surface area contributed by atoms with Crippen LogP contribution in [0.2, 0.25) is 0 Å². The Labute approximate surface area is 182 Å². The molecule has 6 heteroatoms. The summed E-state index contributed by atoms with van der Waals surface area (Å²) in [5.74, 6) is 1.75. The van der Waals surface area contributed by atoms with Gasteiger partial charge in [-0.3, -0.25) is 4.79 Å². The van der Waals surface area contributed by atoms with Crippen LogP contribution in [0.3, 0.4) is 0 Å². The van der Waals surface area contributed by atoms with E-state index in [1.54, 1.807) is 11.8 Å². The molecule has 2 heterocycles. The van der Waals surface area contributed by atoms with Crippen molar-refractivity contribution in [2.75, 3.05) is 31.1 Å². The first-order chi connectivity index (χ1) is 14.6. The number of aromatic nitrogens is 2. The first-order valence-corrected chi connectivity index (χ1v) is 11.2. The van der Waals surface area contributed by atoms with Crippen LogP contribution in [-0.4, -0.2) is 52.2 Å². The van der Waals surface area contributed by atoms with Gasteiger partial charge in [0.2, 0.25) is 0 Å². The van der Waals surface area contributed by atoms with E-state index in [1.807, 2.05) is 71.8 Å². The molecule has 5 nitrogen and oxygen atoms in total. The Hall–Kier alpha value is -2.86. The molecule has 0 saturated carbocycles. The largest absolute Gasteiger partial charge is 0.353 e. The number of carbonyl (C=O) groups is 1. The van der Waals surface area contributed by atoms with Gasteiger partial charge in [0, 0.05) is 48.1 Å². The molecular weight excluding hydrogens is 392 g/mol. The molecule has 1 aromatic heterocycles. The maximum atomic E-state index is 13.2. The minimum absolute atomic E-state index is 0.117. The van der Waals surface area contributed by atoms with Crippen molar-refractivity contribution in [3.8, 4) is 11.4 Å². The van der Waals surface area contributed by atoms with Crippen molar-refractivity contribution in [3.63, 3.8) is 0 Å². The van der Waals surface area contributed by atoms with Gasteiger partial charge in [0.05, 0.1) is 5.56 Å². The van der Waals surface area contributed by atoms with Crippen molar-refractivity contribution < 1.29 is 4.79 Å². The van der Waals surface area contributed by atoms with Crippen molar-refractivity contribution in [1.82, 2.24) is 14.9 Å². The van der Waals surface area contributed by atoms with Gasteiger partial charge in [-0.2, -0.15) is 0 Å². The summed E-state index contributed by atoms with van der Waals surface area (Å²) in [5.41, 5.74) is 1.81. The minimum Gasteiger partial charge on any atom is -0.353 e. The van der Waals surface area contributed by atoms with Crippen LogP contribution in [0.1, 0.15) is 24.2 Å². The second-order valence-corrected chi connectivity index (χ2v) is 9.16. The van der Waals surface area contributed by atoms with Gasteiger partial charge in [0.15, 0.2) is 5.82 Å². The molecule has 1 aliphatic rings. The number of hydrogen-bond acceptors (Lipinski definition) is 5. The van der Waals surface area contributed by atoms with E-state index >= 15 is 0 Å². The maximum absolute atomic E-state index is 13.2. The molecular formula is C24H26N4OS. The molecule has 154 valence electrons. The molecule has 1 amide bonds. The number of hydrogen-bond donors (Lipinski definition) is 0. The van der Waals surface area contributed by atoms with Crippen molar-refractivity contribution in [3.05, 3.63) is 72.4 Å². The van der Waals surface area contributed by atoms with Gasteiger partial charge in [-0.05, 0) is 18.2 Å². The highest BCUT2D eigenvalue weighted by molar-refractivity contribution is 8.00. The van der Waals surface area contributed by atoms with Gasteiger partial charge >= 0.3 is 0 Å². The topological polar surface area (TPSA) is 49.3 Å². The lowest BCUT2D eigenvalue weighted by Gasteiger charge is -2.35. The number of carbonyl (C=O) groups excluding carboxylic acids is 1. The van der Waals surface area contributed by atoms with E-state index in [2.05, 4.69) is 23.7 Å². The van der Waals surface area contributed by atoms with Crippen LogP contribution in [0.15, 0.2) is 71.8 Å². The average Bonchev–Trinajstić information content (AvgIpc) is 2.79. The number of rotatable bonds is 5. The maximum Gasteiger partial charge on any atom is 0.255 e. The number of thioether (sulfide) groups is 1. The summed E-state index contributed by atoms with van der Waals surface area (Å²) < 4.78 is 0. The minimum atomic E-state index is 0.117. The van der Waals surface area contributed by atoms with Crippen molar-refractivity contribution >= 4 is 23.5 Å². The second kappa shape index (κ2) is 9.30. The lowest BCUT2D eigenvalue weighted by atomic mass is 10.1. The average molecular weight is 419 g/mol. The summed E-state index contributed by atoms with van der Waals surface area (Å²) in [6.07, 6.45) is 1.81. The fourth-order valence-electron chi connectivity index (χ4n) is 3.56. The molecule has 1 saturated heterocycles. The fourth-order valence-corrected chi connectivity index (χ4v) is 4.51. The zero-order chi connectivity index (χ0) is 20.9. The zero-order valence-electron chi connectivity index (χ0n) is 17.4. The van der Waals surface area contributed by atoms with Gasteiger partial charge in [0.1, 0.15) is 5.82 Å². The Morgan fingerprint density at radius 3 is 2.37 bits per heavy atom. The molecule has 0 radical (unpaired) electrons. The van der Waals surface area contributed by atoms with Crippen LogP contribution in [0.25, 0.3) is 11.4 Å². The van der Waals surface area contributed by atoms with Crippen LogP contribution in [0.4, 0.5) is 5.82 Å². The first-order valence-electron chi connectivity index (χ1n) is 10.3. The molecule has 30 heavy (non-hydrogen) atoms. The summed E-state index contributed by atoms with van der Waals surface area (Å²) in [4.78, 5) is 27.6. The van der Waals surface area contributed by atoms with Gasteiger partial charge in [0.25, 0.3) is 5.91 Å². The van der Waals surface area contributed by atoms with E-state index in [4.69, 9.17) is 4.98 Å². The van der Waals surface area contributed by atoms with E-state index in [0.717, 1.165) is 40.8 Å². The summed E-state index contributed by atoms with van der Waals surface area (Å²) in [6.45, 7) is 7.19. The normalized spacial score (nSPS) is 14.2. The second-order valence-electron chi connectivity index (χ2n) is 7.55. The summed E-state index contributed by atoms with van der Waals surface area (Å²) in [6, 6.07) is 19.9. The molecule has 4 rings (SSSR count). The monoisotopic (exact) mass is 418 g/mol. The predicted octanol–water partition coefficient (Wildman–Crippen LogP) is 4.61. The Morgan fingerprint density at radius 2 is 1.63 bits per heavy atom. The molecule has 0 unspecified atom stereocenters. The number of anilines is 1. The van der Waals surface area contributed by atoms with Crippen LogP contribution in [-0.2, 0) is 0 Å². The van der Waals surface area contributed by atoms with E-state index in [1.165, 1.54) is 0 Å². The Balaban J connectivity index is 1.44.